The molecule has 0 spiro atoms. The number of likely N-dealkylation sites (tertiary alicyclic amines) is 1. The number of Topliss-reactive ketones (excluding diaryl/α,β-unsaturated/α-hetero) is 1. The highest BCUT2D eigenvalue weighted by molar-refractivity contribution is 9.10. The van der Waals surface area contributed by atoms with Crippen molar-refractivity contribution in [3.63, 3.8) is 0 Å². The average Bonchev–Trinajstić information content (AvgIpc) is 3.05. The lowest BCUT2D eigenvalue weighted by atomic mass is 9.95. The molecule has 0 unspecified atom stereocenters. The van der Waals surface area contributed by atoms with Crippen LogP contribution in [0.4, 0.5) is 0 Å². The van der Waals surface area contributed by atoms with Gasteiger partial charge in [0.1, 0.15) is 11.5 Å². The van der Waals surface area contributed by atoms with Gasteiger partial charge in [-0.25, -0.2) is 0 Å². The number of carbonyl (C=O) groups excluding carboxylic acids is 2. The standard InChI is InChI=1S/C26H31BrN2O4/c1-5-28(6-2)15-16-29-23(18-9-13-21(14-10-18)33-17(3)4)22(25(31)26(29)32)24(30)19-7-11-20(27)12-8-19/h7-14,17,23,30H,5-6,15-16H2,1-4H3/t23-/m1/s1. The molecule has 1 amide bonds. The van der Waals surface area contributed by atoms with E-state index in [0.717, 1.165) is 23.1 Å². The van der Waals surface area contributed by atoms with Gasteiger partial charge in [-0.3, -0.25) is 9.59 Å². The van der Waals surface area contributed by atoms with Gasteiger partial charge in [0.2, 0.25) is 0 Å². The third-order valence-electron chi connectivity index (χ3n) is 5.78. The summed E-state index contributed by atoms with van der Waals surface area (Å²) in [5, 5.41) is 11.1. The van der Waals surface area contributed by atoms with E-state index in [1.807, 2.05) is 38.1 Å². The van der Waals surface area contributed by atoms with Crippen LogP contribution in [0.5, 0.6) is 5.75 Å². The number of likely N-dealkylation sites (N-methyl/N-ethyl adjacent to an activating group) is 1. The molecule has 3 rings (SSSR count). The minimum Gasteiger partial charge on any atom is -0.507 e. The third-order valence-corrected chi connectivity index (χ3v) is 6.31. The topological polar surface area (TPSA) is 70.1 Å². The van der Waals surface area contributed by atoms with E-state index in [1.165, 1.54) is 0 Å². The molecule has 1 heterocycles. The summed E-state index contributed by atoms with van der Waals surface area (Å²) in [5.41, 5.74) is 1.35. The first kappa shape index (κ1) is 25.0. The Morgan fingerprint density at radius 1 is 1.06 bits per heavy atom. The number of halogens is 1. The van der Waals surface area contributed by atoms with Crippen molar-refractivity contribution in [2.24, 2.45) is 0 Å². The molecule has 1 fully saturated rings. The van der Waals surface area contributed by atoms with E-state index in [2.05, 4.69) is 34.7 Å². The van der Waals surface area contributed by atoms with Gasteiger partial charge in [0.05, 0.1) is 17.7 Å². The van der Waals surface area contributed by atoms with Crippen molar-refractivity contribution < 1.29 is 19.4 Å². The van der Waals surface area contributed by atoms with Crippen molar-refractivity contribution in [1.82, 2.24) is 9.80 Å². The van der Waals surface area contributed by atoms with E-state index in [4.69, 9.17) is 4.74 Å². The fraction of sp³-hybridized carbons (Fsp3) is 0.385. The van der Waals surface area contributed by atoms with Crippen LogP contribution in [0.2, 0.25) is 0 Å². The van der Waals surface area contributed by atoms with Gasteiger partial charge in [0.25, 0.3) is 11.7 Å². The van der Waals surface area contributed by atoms with E-state index >= 15 is 0 Å². The number of carbonyl (C=O) groups is 2. The van der Waals surface area contributed by atoms with Gasteiger partial charge in [0.15, 0.2) is 0 Å². The Hall–Kier alpha value is -2.64. The van der Waals surface area contributed by atoms with E-state index in [0.29, 0.717) is 24.4 Å². The van der Waals surface area contributed by atoms with Crippen LogP contribution in [-0.4, -0.2) is 58.9 Å². The molecular weight excluding hydrogens is 484 g/mol. The summed E-state index contributed by atoms with van der Waals surface area (Å²) in [6.07, 6.45) is 0.0351. The zero-order chi connectivity index (χ0) is 24.1. The number of nitrogens with zero attached hydrogens (tertiary/aromatic N) is 2. The number of benzene rings is 2. The predicted molar refractivity (Wildman–Crippen MR) is 133 cm³/mol. The maximum Gasteiger partial charge on any atom is 0.295 e. The normalized spacial score (nSPS) is 17.9. The molecule has 0 aromatic heterocycles. The summed E-state index contributed by atoms with van der Waals surface area (Å²) < 4.78 is 6.60. The van der Waals surface area contributed by atoms with Crippen molar-refractivity contribution in [3.05, 3.63) is 69.7 Å². The lowest BCUT2D eigenvalue weighted by Crippen LogP contribution is -2.38. The number of hydrogen-bond donors (Lipinski definition) is 1. The molecule has 33 heavy (non-hydrogen) atoms. The first-order valence-corrected chi connectivity index (χ1v) is 12.1. The van der Waals surface area contributed by atoms with Crippen LogP contribution < -0.4 is 4.74 Å². The molecule has 1 aliphatic heterocycles. The summed E-state index contributed by atoms with van der Waals surface area (Å²) >= 11 is 3.39. The lowest BCUT2D eigenvalue weighted by molar-refractivity contribution is -0.140. The molecule has 2 aromatic rings. The van der Waals surface area contributed by atoms with Crippen molar-refractivity contribution in [2.45, 2.75) is 39.8 Å². The summed E-state index contributed by atoms with van der Waals surface area (Å²) in [6.45, 7) is 10.8. The van der Waals surface area contributed by atoms with Gasteiger partial charge in [-0.1, -0.05) is 54.0 Å². The molecule has 6 nitrogen and oxygen atoms in total. The second kappa shape index (κ2) is 11.0. The van der Waals surface area contributed by atoms with Gasteiger partial charge in [-0.2, -0.15) is 0 Å². The third kappa shape index (κ3) is 5.65. The minimum absolute atomic E-state index is 0.0351. The SMILES string of the molecule is CCN(CC)CCN1C(=O)C(=O)C(=C(O)c2ccc(Br)cc2)[C@H]1c1ccc(OC(C)C)cc1. The van der Waals surface area contributed by atoms with E-state index in [9.17, 15) is 14.7 Å². The van der Waals surface area contributed by atoms with Gasteiger partial charge in [0, 0.05) is 23.1 Å². The van der Waals surface area contributed by atoms with Crippen LogP contribution in [0.25, 0.3) is 5.76 Å². The molecule has 176 valence electrons. The second-order valence-corrected chi connectivity index (χ2v) is 9.18. The zero-order valence-electron chi connectivity index (χ0n) is 19.5. The molecule has 1 N–H and O–H groups in total. The molecule has 0 bridgehead atoms. The Morgan fingerprint density at radius 3 is 2.21 bits per heavy atom. The number of rotatable bonds is 9. The van der Waals surface area contributed by atoms with Crippen LogP contribution in [0.3, 0.4) is 0 Å². The molecule has 0 radical (unpaired) electrons. The van der Waals surface area contributed by atoms with Crippen LogP contribution in [0, 0.1) is 0 Å². The van der Waals surface area contributed by atoms with E-state index < -0.39 is 17.7 Å². The van der Waals surface area contributed by atoms with Crippen molar-refractivity contribution >= 4 is 33.4 Å². The maximum absolute atomic E-state index is 13.1. The van der Waals surface area contributed by atoms with Gasteiger partial charge < -0.3 is 19.6 Å². The van der Waals surface area contributed by atoms with Gasteiger partial charge >= 0.3 is 0 Å². The Kier molecular flexibility index (Phi) is 8.32. The Balaban J connectivity index is 2.06. The molecule has 1 atom stereocenters. The van der Waals surface area contributed by atoms with Crippen LogP contribution in [0.1, 0.15) is 44.9 Å². The number of ketones is 1. The van der Waals surface area contributed by atoms with Crippen LogP contribution in [0.15, 0.2) is 58.6 Å². The number of ether oxygens (including phenoxy) is 1. The number of hydrogen-bond acceptors (Lipinski definition) is 5. The summed E-state index contributed by atoms with van der Waals surface area (Å²) in [5.74, 6) is -0.712. The summed E-state index contributed by atoms with van der Waals surface area (Å²) in [6, 6.07) is 13.7. The Morgan fingerprint density at radius 2 is 1.67 bits per heavy atom. The molecule has 1 aliphatic rings. The maximum atomic E-state index is 13.1. The van der Waals surface area contributed by atoms with Crippen LogP contribution in [-0.2, 0) is 9.59 Å². The van der Waals surface area contributed by atoms with Crippen molar-refractivity contribution in [2.75, 3.05) is 26.2 Å². The largest absolute Gasteiger partial charge is 0.507 e. The molecule has 0 aliphatic carbocycles. The average molecular weight is 515 g/mol. The molecule has 7 heteroatoms. The van der Waals surface area contributed by atoms with Gasteiger partial charge in [-0.05, 0) is 56.8 Å². The highest BCUT2D eigenvalue weighted by Crippen LogP contribution is 2.39. The fourth-order valence-electron chi connectivity index (χ4n) is 4.01. The molecule has 1 saturated heterocycles. The van der Waals surface area contributed by atoms with Crippen molar-refractivity contribution in [3.8, 4) is 5.75 Å². The summed E-state index contributed by atoms with van der Waals surface area (Å²) in [7, 11) is 0. The summed E-state index contributed by atoms with van der Waals surface area (Å²) in [4.78, 5) is 30.0. The smallest absolute Gasteiger partial charge is 0.295 e. The van der Waals surface area contributed by atoms with Crippen LogP contribution >= 0.6 is 15.9 Å². The number of amides is 1. The molecular formula is C26H31BrN2O4. The number of aliphatic hydroxyl groups excluding tert-OH is 1. The minimum atomic E-state index is -0.669. The molecule has 0 saturated carbocycles. The Labute approximate surface area is 204 Å². The van der Waals surface area contributed by atoms with Gasteiger partial charge in [-0.15, -0.1) is 0 Å². The lowest BCUT2D eigenvalue weighted by Gasteiger charge is -2.28. The first-order chi connectivity index (χ1) is 15.8. The first-order valence-electron chi connectivity index (χ1n) is 11.3. The fourth-order valence-corrected chi connectivity index (χ4v) is 4.27. The highest BCUT2D eigenvalue weighted by Gasteiger charge is 2.45. The monoisotopic (exact) mass is 514 g/mol. The second-order valence-electron chi connectivity index (χ2n) is 8.26. The quantitative estimate of drug-likeness (QED) is 0.289. The van der Waals surface area contributed by atoms with E-state index in [1.54, 1.807) is 29.2 Å². The zero-order valence-corrected chi connectivity index (χ0v) is 21.1. The highest BCUT2D eigenvalue weighted by atomic mass is 79.9. The molecule has 2 aromatic carbocycles. The number of aliphatic hydroxyl groups is 1. The Bertz CT molecular complexity index is 1010. The predicted octanol–water partition coefficient (Wildman–Crippen LogP) is 5.00. The van der Waals surface area contributed by atoms with Crippen molar-refractivity contribution in [1.29, 1.82) is 0 Å². The van der Waals surface area contributed by atoms with E-state index in [-0.39, 0.29) is 17.4 Å².